The first-order valence-electron chi connectivity index (χ1n) is 1.86. The first-order chi connectivity index (χ1) is 3.80. The summed E-state index contributed by atoms with van der Waals surface area (Å²) in [6.07, 6.45) is 4.61. The molecular formula is C3H2N3O2. The van der Waals surface area contributed by atoms with Crippen LogP contribution in [0.5, 0.6) is 0 Å². The van der Waals surface area contributed by atoms with Gasteiger partial charge in [-0.1, -0.05) is 0 Å². The van der Waals surface area contributed by atoms with Gasteiger partial charge in [0, 0.05) is 0 Å². The van der Waals surface area contributed by atoms with E-state index in [0.717, 1.165) is 0 Å². The fourth-order valence-electron chi connectivity index (χ4n) is 0.313. The third-order valence-electron chi connectivity index (χ3n) is 0.619. The quantitative estimate of drug-likeness (QED) is 0.371. The summed E-state index contributed by atoms with van der Waals surface area (Å²) in [6.45, 7) is 0. The number of nitrogens with zero attached hydrogens (tertiary/aromatic N) is 3. The molecule has 41 valence electrons. The van der Waals surface area contributed by atoms with Crippen molar-refractivity contribution >= 4 is 0 Å². The number of hydrogen-bond donors (Lipinski definition) is 0. The molecule has 0 N–H and O–H groups in total. The Morgan fingerprint density at radius 3 is 2.88 bits per heavy atom. The Balaban J connectivity index is 2.93. The van der Waals surface area contributed by atoms with Crippen LogP contribution >= 0.6 is 0 Å². The number of rotatable bonds is 1. The highest BCUT2D eigenvalue weighted by Crippen LogP contribution is 1.79. The number of aromatic nitrogens is 2. The van der Waals surface area contributed by atoms with Crippen LogP contribution in [0, 0.1) is 16.4 Å². The maximum Gasteiger partial charge on any atom is 0.248 e. The second-order valence-electron chi connectivity index (χ2n) is 1.11. The van der Waals surface area contributed by atoms with E-state index < -0.39 is 5.03 Å². The average Bonchev–Trinajstić information content (AvgIpc) is 2.12. The standard InChI is InChI=1S/C3H2N3O2/c7-6(8)5-2-1-4-3-5/h1-2H. The van der Waals surface area contributed by atoms with Crippen LogP contribution in [0.1, 0.15) is 0 Å². The van der Waals surface area contributed by atoms with Gasteiger partial charge in [0.15, 0.2) is 5.03 Å². The molecule has 0 spiro atoms. The topological polar surface area (TPSA) is 61.0 Å². The van der Waals surface area contributed by atoms with Gasteiger partial charge in [0.2, 0.25) is 6.33 Å². The molecule has 0 aliphatic heterocycles. The summed E-state index contributed by atoms with van der Waals surface area (Å²) in [5.74, 6) is 0. The van der Waals surface area contributed by atoms with Crippen molar-refractivity contribution in [2.24, 2.45) is 0 Å². The van der Waals surface area contributed by atoms with E-state index in [2.05, 4.69) is 11.3 Å². The number of nitro groups is 1. The van der Waals surface area contributed by atoms with Crippen molar-refractivity contribution in [3.63, 3.8) is 0 Å². The van der Waals surface area contributed by atoms with E-state index in [4.69, 9.17) is 0 Å². The monoisotopic (exact) mass is 112 g/mol. The van der Waals surface area contributed by atoms with Gasteiger partial charge in [-0.05, 0) is 4.68 Å². The maximum atomic E-state index is 9.76. The van der Waals surface area contributed by atoms with Crippen molar-refractivity contribution in [1.29, 1.82) is 0 Å². The summed E-state index contributed by atoms with van der Waals surface area (Å²) in [5, 5.41) is 9.14. The summed E-state index contributed by atoms with van der Waals surface area (Å²) >= 11 is 0. The average molecular weight is 112 g/mol. The van der Waals surface area contributed by atoms with Crippen molar-refractivity contribution in [1.82, 2.24) is 9.66 Å². The molecule has 0 atom stereocenters. The summed E-state index contributed by atoms with van der Waals surface area (Å²) in [4.78, 5) is 13.1. The molecule has 0 unspecified atom stereocenters. The van der Waals surface area contributed by atoms with Crippen molar-refractivity contribution in [3.05, 3.63) is 28.8 Å². The van der Waals surface area contributed by atoms with Gasteiger partial charge in [-0.3, -0.25) is 0 Å². The molecule has 5 nitrogen and oxygen atoms in total. The van der Waals surface area contributed by atoms with E-state index in [1.165, 1.54) is 12.4 Å². The normalized spacial score (nSPS) is 9.00. The van der Waals surface area contributed by atoms with E-state index in [-0.39, 0.29) is 0 Å². The highest BCUT2D eigenvalue weighted by atomic mass is 16.7. The molecule has 0 amide bonds. The Labute approximate surface area is 44.7 Å². The van der Waals surface area contributed by atoms with Gasteiger partial charge in [0.1, 0.15) is 0 Å². The number of hydrogen-bond acceptors (Lipinski definition) is 3. The summed E-state index contributed by atoms with van der Waals surface area (Å²) in [7, 11) is 0. The fraction of sp³-hybridized carbons (Fsp3) is 0. The van der Waals surface area contributed by atoms with Crippen LogP contribution in [0.3, 0.4) is 0 Å². The minimum atomic E-state index is -0.618. The summed E-state index contributed by atoms with van der Waals surface area (Å²) < 4.78 is 0.653. The van der Waals surface area contributed by atoms with Gasteiger partial charge >= 0.3 is 0 Å². The largest absolute Gasteiger partial charge is 0.248 e. The van der Waals surface area contributed by atoms with E-state index in [1.54, 1.807) is 0 Å². The summed E-state index contributed by atoms with van der Waals surface area (Å²) in [5.41, 5.74) is 0. The molecule has 0 saturated carbocycles. The lowest BCUT2D eigenvalue weighted by atomic mass is 11.0. The van der Waals surface area contributed by atoms with Gasteiger partial charge in [-0.15, -0.1) is 0 Å². The number of imidazole rings is 1. The predicted octanol–water partition coefficient (Wildman–Crippen LogP) is -0.277. The third-order valence-corrected chi connectivity index (χ3v) is 0.619. The maximum absolute atomic E-state index is 9.76. The van der Waals surface area contributed by atoms with Crippen LogP contribution in [0.2, 0.25) is 0 Å². The van der Waals surface area contributed by atoms with Crippen LogP contribution in [-0.4, -0.2) is 14.7 Å². The zero-order valence-corrected chi connectivity index (χ0v) is 3.81. The van der Waals surface area contributed by atoms with Crippen molar-refractivity contribution in [2.45, 2.75) is 0 Å². The van der Waals surface area contributed by atoms with E-state index in [0.29, 0.717) is 4.68 Å². The minimum absolute atomic E-state index is 0.618. The smallest absolute Gasteiger partial charge is 0.234 e. The van der Waals surface area contributed by atoms with E-state index in [1.807, 2.05) is 0 Å². The Morgan fingerprint density at radius 2 is 2.62 bits per heavy atom. The zero-order chi connectivity index (χ0) is 5.98. The third kappa shape index (κ3) is 0.651. The van der Waals surface area contributed by atoms with Gasteiger partial charge in [-0.25, -0.2) is 15.1 Å². The van der Waals surface area contributed by atoms with Crippen LogP contribution in [-0.2, 0) is 0 Å². The molecule has 1 heterocycles. The predicted molar refractivity (Wildman–Crippen MR) is 23.5 cm³/mol. The van der Waals surface area contributed by atoms with Crippen LogP contribution in [0.25, 0.3) is 0 Å². The second-order valence-corrected chi connectivity index (χ2v) is 1.11. The molecule has 0 aliphatic rings. The van der Waals surface area contributed by atoms with Crippen molar-refractivity contribution in [3.8, 4) is 0 Å². The molecule has 0 bridgehead atoms. The molecule has 0 fully saturated rings. The Hall–Kier alpha value is -1.39. The Morgan fingerprint density at radius 1 is 1.88 bits per heavy atom. The molecule has 0 aliphatic carbocycles. The summed E-state index contributed by atoms with van der Waals surface area (Å²) in [6, 6.07) is 0. The highest BCUT2D eigenvalue weighted by Gasteiger charge is 1.96. The van der Waals surface area contributed by atoms with Gasteiger partial charge in [0.05, 0.1) is 12.4 Å². The van der Waals surface area contributed by atoms with Crippen molar-refractivity contribution < 1.29 is 5.03 Å². The van der Waals surface area contributed by atoms with Crippen molar-refractivity contribution in [2.75, 3.05) is 0 Å². The molecule has 0 saturated heterocycles. The molecule has 8 heavy (non-hydrogen) atoms. The highest BCUT2D eigenvalue weighted by molar-refractivity contribution is 4.66. The molecule has 1 aromatic heterocycles. The molecule has 5 heteroatoms. The Bertz CT molecular complexity index is 180. The fourth-order valence-corrected chi connectivity index (χ4v) is 0.313. The lowest BCUT2D eigenvalue weighted by Gasteiger charge is -1.80. The molecule has 1 rings (SSSR count). The molecule has 0 aromatic carbocycles. The van der Waals surface area contributed by atoms with Crippen LogP contribution in [0.4, 0.5) is 0 Å². The molecule has 1 aromatic rings. The SMILES string of the molecule is O=[N+]([O-])n1[c]ncc1. The van der Waals surface area contributed by atoms with Gasteiger partial charge in [0.25, 0.3) is 0 Å². The first kappa shape index (κ1) is 4.76. The first-order valence-corrected chi connectivity index (χ1v) is 1.86. The van der Waals surface area contributed by atoms with E-state index >= 15 is 0 Å². The minimum Gasteiger partial charge on any atom is -0.234 e. The lowest BCUT2D eigenvalue weighted by Crippen LogP contribution is -2.04. The molecule has 1 radical (unpaired) electrons. The zero-order valence-electron chi connectivity index (χ0n) is 3.81. The second kappa shape index (κ2) is 1.61. The van der Waals surface area contributed by atoms with Crippen LogP contribution in [0.15, 0.2) is 12.4 Å². The van der Waals surface area contributed by atoms with E-state index in [9.17, 15) is 10.1 Å². The van der Waals surface area contributed by atoms with Crippen LogP contribution < -0.4 is 0 Å². The Kier molecular flexibility index (Phi) is 0.957. The van der Waals surface area contributed by atoms with Gasteiger partial charge in [-0.2, -0.15) is 0 Å². The lowest BCUT2D eigenvalue weighted by molar-refractivity contribution is -0.543. The molecular weight excluding hydrogens is 110 g/mol. The van der Waals surface area contributed by atoms with Gasteiger partial charge < -0.3 is 0 Å².